The van der Waals surface area contributed by atoms with Crippen LogP contribution >= 0.6 is 22.6 Å². The van der Waals surface area contributed by atoms with Gasteiger partial charge in [0, 0.05) is 9.66 Å². The summed E-state index contributed by atoms with van der Waals surface area (Å²) in [5.74, 6) is -11.4. The van der Waals surface area contributed by atoms with Crippen LogP contribution in [0.15, 0.2) is 36.4 Å². The van der Waals surface area contributed by atoms with E-state index in [1.165, 1.54) is 46.9 Å². The summed E-state index contributed by atoms with van der Waals surface area (Å²) >= 11 is 1.28. The van der Waals surface area contributed by atoms with E-state index in [1.54, 1.807) is 6.07 Å². The zero-order valence-electron chi connectivity index (χ0n) is 8.99. The lowest BCUT2D eigenvalue weighted by Gasteiger charge is -2.26. The van der Waals surface area contributed by atoms with E-state index in [0.29, 0.717) is 0 Å². The zero-order valence-corrected chi connectivity index (χ0v) is 11.1. The van der Waals surface area contributed by atoms with Crippen molar-refractivity contribution in [3.05, 3.63) is 42.0 Å². The number of benzene rings is 1. The van der Waals surface area contributed by atoms with Crippen LogP contribution in [0.4, 0.5) is 30.7 Å². The second kappa shape index (κ2) is 5.29. The topological polar surface area (TPSA) is 0 Å². The third-order valence-corrected chi connectivity index (χ3v) is 3.07. The highest BCUT2D eigenvalue weighted by molar-refractivity contribution is 14.1. The molecule has 0 saturated carbocycles. The van der Waals surface area contributed by atoms with Crippen molar-refractivity contribution in [1.82, 2.24) is 0 Å². The molecule has 1 aromatic rings. The van der Waals surface area contributed by atoms with Gasteiger partial charge in [-0.3, -0.25) is 0 Å². The normalized spacial score (nSPS) is 14.6. The third kappa shape index (κ3) is 3.40. The van der Waals surface area contributed by atoms with Crippen molar-refractivity contribution < 1.29 is 30.7 Å². The summed E-state index contributed by atoms with van der Waals surface area (Å²) in [6, 6.07) is 7.08. The Morgan fingerprint density at radius 3 is 1.79 bits per heavy atom. The van der Waals surface area contributed by atoms with Gasteiger partial charge in [0.15, 0.2) is 0 Å². The summed E-state index contributed by atoms with van der Waals surface area (Å²) < 4.78 is 86.9. The fourth-order valence-corrected chi connectivity index (χ4v) is 1.87. The average Bonchev–Trinajstić information content (AvgIpc) is 2.28. The van der Waals surface area contributed by atoms with Crippen LogP contribution in [0.25, 0.3) is 3.58 Å². The summed E-state index contributed by atoms with van der Waals surface area (Å²) in [5, 5.41) is 0. The lowest BCUT2D eigenvalue weighted by molar-refractivity contribution is -0.341. The van der Waals surface area contributed by atoms with Crippen molar-refractivity contribution in [3.63, 3.8) is 0 Å². The first-order valence-electron chi connectivity index (χ1n) is 4.75. The molecule has 0 spiro atoms. The summed E-state index contributed by atoms with van der Waals surface area (Å²) in [4.78, 5) is 0. The van der Waals surface area contributed by atoms with E-state index in [-0.39, 0.29) is 11.6 Å². The maximum absolute atomic E-state index is 13.1. The second-order valence-electron chi connectivity index (χ2n) is 3.55. The molecule has 0 N–H and O–H groups in total. The van der Waals surface area contributed by atoms with Crippen LogP contribution in [0.1, 0.15) is 5.56 Å². The minimum atomic E-state index is -6.32. The molecule has 1 rings (SSSR count). The Balaban J connectivity index is 3.16. The van der Waals surface area contributed by atoms with Crippen molar-refractivity contribution in [3.8, 4) is 0 Å². The maximum Gasteiger partial charge on any atom is 0.460 e. The Morgan fingerprint density at radius 1 is 0.895 bits per heavy atom. The molecule has 0 nitrogen and oxygen atoms in total. The van der Waals surface area contributed by atoms with E-state index >= 15 is 0 Å². The molecule has 0 bridgehead atoms. The second-order valence-corrected chi connectivity index (χ2v) is 4.72. The van der Waals surface area contributed by atoms with Crippen molar-refractivity contribution in [2.24, 2.45) is 0 Å². The van der Waals surface area contributed by atoms with Gasteiger partial charge in [-0.1, -0.05) is 30.3 Å². The largest absolute Gasteiger partial charge is 0.460 e. The molecule has 0 unspecified atom stereocenters. The van der Waals surface area contributed by atoms with Gasteiger partial charge < -0.3 is 0 Å². The van der Waals surface area contributed by atoms with Gasteiger partial charge in [-0.05, 0) is 28.2 Å². The molecule has 0 amide bonds. The highest BCUT2D eigenvalue weighted by Crippen LogP contribution is 2.48. The van der Waals surface area contributed by atoms with Gasteiger partial charge in [0.1, 0.15) is 0 Å². The fourth-order valence-electron chi connectivity index (χ4n) is 1.12. The van der Waals surface area contributed by atoms with Gasteiger partial charge in [-0.2, -0.15) is 30.7 Å². The zero-order chi connectivity index (χ0) is 14.9. The van der Waals surface area contributed by atoms with Crippen LogP contribution in [0.5, 0.6) is 0 Å². The summed E-state index contributed by atoms with van der Waals surface area (Å²) in [7, 11) is 0. The number of rotatable bonds is 3. The number of halogens is 8. The molecule has 8 heteroatoms. The van der Waals surface area contributed by atoms with E-state index in [9.17, 15) is 30.7 Å². The minimum absolute atomic E-state index is 0.126. The Labute approximate surface area is 117 Å². The standard InChI is InChI=1S/C11H6F7I/c12-9(13,10(14,15)11(16,17)18)6-8(19)7-4-2-1-3-5-7/h1-6H/b8-6+. The number of allylic oxidation sites excluding steroid dienone is 1. The lowest BCUT2D eigenvalue weighted by atomic mass is 10.1. The molecular weight excluding hydrogens is 392 g/mol. The van der Waals surface area contributed by atoms with Crippen LogP contribution in [0.3, 0.4) is 0 Å². The van der Waals surface area contributed by atoms with Gasteiger partial charge in [0.2, 0.25) is 0 Å². The van der Waals surface area contributed by atoms with Crippen molar-refractivity contribution in [1.29, 1.82) is 0 Å². The molecule has 0 heterocycles. The Hall–Kier alpha value is -0.800. The highest BCUT2D eigenvalue weighted by atomic mass is 127. The van der Waals surface area contributed by atoms with Crippen LogP contribution in [-0.2, 0) is 0 Å². The number of hydrogen-bond acceptors (Lipinski definition) is 0. The van der Waals surface area contributed by atoms with E-state index in [4.69, 9.17) is 0 Å². The molecule has 0 saturated heterocycles. The molecule has 0 fully saturated rings. The van der Waals surface area contributed by atoms with Gasteiger partial charge in [0.05, 0.1) is 0 Å². The average molecular weight is 398 g/mol. The lowest BCUT2D eigenvalue weighted by Crippen LogP contribution is -2.50. The monoisotopic (exact) mass is 398 g/mol. The smallest absolute Gasteiger partial charge is 0.195 e. The Kier molecular flexibility index (Phi) is 4.53. The fraction of sp³-hybridized carbons (Fsp3) is 0.273. The molecule has 1 aromatic carbocycles. The SMILES string of the molecule is FC(F)(F)C(F)(F)C(F)(F)/C=C(/I)c1ccccc1. The number of hydrogen-bond donors (Lipinski definition) is 0. The van der Waals surface area contributed by atoms with Gasteiger partial charge in [-0.25, -0.2) is 0 Å². The molecule has 0 atom stereocenters. The van der Waals surface area contributed by atoms with Crippen LogP contribution < -0.4 is 0 Å². The first-order valence-corrected chi connectivity index (χ1v) is 5.83. The predicted molar refractivity (Wildman–Crippen MR) is 64.4 cm³/mol. The molecule has 0 aromatic heterocycles. The summed E-state index contributed by atoms with van der Waals surface area (Å²) in [6.45, 7) is 0. The van der Waals surface area contributed by atoms with Crippen LogP contribution in [0.2, 0.25) is 0 Å². The molecule has 0 aliphatic rings. The molecule has 19 heavy (non-hydrogen) atoms. The quantitative estimate of drug-likeness (QED) is 0.479. The molecular formula is C11H6F7I. The number of alkyl halides is 7. The van der Waals surface area contributed by atoms with E-state index < -0.39 is 21.6 Å². The first kappa shape index (κ1) is 16.3. The molecule has 106 valence electrons. The van der Waals surface area contributed by atoms with Crippen molar-refractivity contribution >= 4 is 26.2 Å². The summed E-state index contributed by atoms with van der Waals surface area (Å²) in [6.07, 6.45) is -6.70. The van der Waals surface area contributed by atoms with E-state index in [0.717, 1.165) is 0 Å². The van der Waals surface area contributed by atoms with Crippen LogP contribution in [0, 0.1) is 0 Å². The van der Waals surface area contributed by atoms with Gasteiger partial charge in [-0.15, -0.1) is 0 Å². The maximum atomic E-state index is 13.1. The van der Waals surface area contributed by atoms with Crippen LogP contribution in [-0.4, -0.2) is 18.0 Å². The van der Waals surface area contributed by atoms with Gasteiger partial charge >= 0.3 is 18.0 Å². The molecule has 0 radical (unpaired) electrons. The predicted octanol–water partition coefficient (Wildman–Crippen LogP) is 5.30. The first-order chi connectivity index (χ1) is 8.49. The Morgan fingerprint density at radius 2 is 1.37 bits per heavy atom. The third-order valence-electron chi connectivity index (χ3n) is 2.13. The van der Waals surface area contributed by atoms with Crippen molar-refractivity contribution in [2.75, 3.05) is 0 Å². The van der Waals surface area contributed by atoms with Crippen molar-refractivity contribution in [2.45, 2.75) is 18.0 Å². The van der Waals surface area contributed by atoms with E-state index in [2.05, 4.69) is 0 Å². The van der Waals surface area contributed by atoms with E-state index in [1.807, 2.05) is 0 Å². The minimum Gasteiger partial charge on any atom is -0.195 e. The van der Waals surface area contributed by atoms with Gasteiger partial charge in [0.25, 0.3) is 0 Å². The summed E-state index contributed by atoms with van der Waals surface area (Å²) in [5.41, 5.74) is 0.126. The molecule has 0 aliphatic heterocycles. The highest BCUT2D eigenvalue weighted by Gasteiger charge is 2.72. The molecule has 0 aliphatic carbocycles. The Bertz CT molecular complexity index is 462.